The molecule has 0 unspecified atom stereocenters. The smallest absolute Gasteiger partial charge is 0.258 e. The normalized spacial score (nSPS) is 19.9. The molecule has 0 aromatic carbocycles. The molecule has 1 N–H and O–H groups in total. The van der Waals surface area contributed by atoms with Crippen LogP contribution in [0.15, 0.2) is 53.7 Å². The highest BCUT2D eigenvalue weighted by molar-refractivity contribution is 5.64. The van der Waals surface area contributed by atoms with Gasteiger partial charge in [0.05, 0.1) is 17.1 Å². The van der Waals surface area contributed by atoms with Crippen LogP contribution >= 0.6 is 0 Å². The van der Waals surface area contributed by atoms with Crippen molar-refractivity contribution in [1.29, 1.82) is 0 Å². The molecule has 7 nitrogen and oxygen atoms in total. The fourth-order valence-corrected chi connectivity index (χ4v) is 4.23. The van der Waals surface area contributed by atoms with E-state index in [1.54, 1.807) is 10.5 Å². The van der Waals surface area contributed by atoms with Gasteiger partial charge in [0.25, 0.3) is 5.56 Å². The van der Waals surface area contributed by atoms with Crippen LogP contribution in [0.5, 0.6) is 0 Å². The minimum Gasteiger partial charge on any atom is -0.367 e. The Balaban J connectivity index is 1.55. The number of piperazine rings is 1. The van der Waals surface area contributed by atoms with Gasteiger partial charge in [0, 0.05) is 55.4 Å². The van der Waals surface area contributed by atoms with Gasteiger partial charge in [-0.15, -0.1) is 0 Å². The first-order chi connectivity index (χ1) is 14.0. The zero-order valence-corrected chi connectivity index (χ0v) is 16.8. The maximum absolute atomic E-state index is 12.9. The molecule has 0 radical (unpaired) electrons. The van der Waals surface area contributed by atoms with Gasteiger partial charge in [0.2, 0.25) is 0 Å². The summed E-state index contributed by atoms with van der Waals surface area (Å²) in [5, 5.41) is 3.54. The first-order valence-electron chi connectivity index (χ1n) is 9.96. The van der Waals surface area contributed by atoms with Crippen LogP contribution < -0.4 is 15.8 Å². The van der Waals surface area contributed by atoms with Crippen LogP contribution in [0.2, 0.25) is 0 Å². The quantitative estimate of drug-likeness (QED) is 0.572. The SMILES string of the molecule is Cc1cn2cc(-c3cc(=O)n4cc(N5C[C@@H](C)N[C@@H](C)C5)ccc4n3)ccc2n1. The van der Waals surface area contributed by atoms with Crippen molar-refractivity contribution in [1.82, 2.24) is 24.1 Å². The third-order valence-corrected chi connectivity index (χ3v) is 5.43. The van der Waals surface area contributed by atoms with Gasteiger partial charge < -0.3 is 14.6 Å². The maximum atomic E-state index is 12.9. The lowest BCUT2D eigenvalue weighted by Gasteiger charge is -2.37. The van der Waals surface area contributed by atoms with Gasteiger partial charge in [-0.25, -0.2) is 9.97 Å². The molecule has 1 aliphatic heterocycles. The summed E-state index contributed by atoms with van der Waals surface area (Å²) < 4.78 is 3.60. The lowest BCUT2D eigenvalue weighted by Crippen LogP contribution is -2.54. The number of hydrogen-bond donors (Lipinski definition) is 1. The first kappa shape index (κ1) is 17.9. The van der Waals surface area contributed by atoms with Crippen molar-refractivity contribution in [3.05, 3.63) is 65.0 Å². The van der Waals surface area contributed by atoms with E-state index in [9.17, 15) is 4.79 Å². The van der Waals surface area contributed by atoms with E-state index in [-0.39, 0.29) is 5.56 Å². The van der Waals surface area contributed by atoms with Gasteiger partial charge in [0.15, 0.2) is 0 Å². The summed E-state index contributed by atoms with van der Waals surface area (Å²) in [5.74, 6) is 0. The van der Waals surface area contributed by atoms with E-state index in [2.05, 4.69) is 35.1 Å². The lowest BCUT2D eigenvalue weighted by atomic mass is 10.1. The maximum Gasteiger partial charge on any atom is 0.258 e. The number of pyridine rings is 2. The summed E-state index contributed by atoms with van der Waals surface area (Å²) in [7, 11) is 0. The molecule has 5 rings (SSSR count). The zero-order chi connectivity index (χ0) is 20.1. The fraction of sp³-hybridized carbons (Fsp3) is 0.318. The number of aryl methyl sites for hydroxylation is 1. The van der Waals surface area contributed by atoms with Gasteiger partial charge in [-0.1, -0.05) is 0 Å². The number of rotatable bonds is 2. The van der Waals surface area contributed by atoms with Crippen molar-refractivity contribution in [2.45, 2.75) is 32.9 Å². The topological polar surface area (TPSA) is 66.9 Å². The Bertz CT molecular complexity index is 1260. The second kappa shape index (κ2) is 6.70. The Labute approximate surface area is 168 Å². The minimum atomic E-state index is -0.0787. The van der Waals surface area contributed by atoms with Crippen LogP contribution in [0.3, 0.4) is 0 Å². The molecule has 1 fully saturated rings. The van der Waals surface area contributed by atoms with Gasteiger partial charge in [0.1, 0.15) is 11.3 Å². The van der Waals surface area contributed by atoms with Crippen molar-refractivity contribution < 1.29 is 0 Å². The summed E-state index contributed by atoms with van der Waals surface area (Å²) in [6.07, 6.45) is 5.83. The van der Waals surface area contributed by atoms with Crippen LogP contribution in [0.25, 0.3) is 22.6 Å². The van der Waals surface area contributed by atoms with Crippen molar-refractivity contribution in [2.75, 3.05) is 18.0 Å². The van der Waals surface area contributed by atoms with Crippen LogP contribution in [-0.4, -0.2) is 43.9 Å². The number of imidazole rings is 1. The van der Waals surface area contributed by atoms with E-state index in [0.717, 1.165) is 35.7 Å². The largest absolute Gasteiger partial charge is 0.367 e. The molecule has 4 aromatic rings. The third kappa shape index (κ3) is 3.27. The van der Waals surface area contributed by atoms with E-state index in [4.69, 9.17) is 4.98 Å². The molecule has 4 aromatic heterocycles. The van der Waals surface area contributed by atoms with E-state index in [1.807, 2.05) is 48.1 Å². The molecular formula is C22H24N6O. The van der Waals surface area contributed by atoms with E-state index in [0.29, 0.717) is 23.4 Å². The molecular weight excluding hydrogens is 364 g/mol. The summed E-state index contributed by atoms with van der Waals surface area (Å²) in [4.78, 5) is 24.4. The number of hydrogen-bond acceptors (Lipinski definition) is 5. The fourth-order valence-electron chi connectivity index (χ4n) is 4.23. The van der Waals surface area contributed by atoms with Crippen molar-refractivity contribution in [3.8, 4) is 11.3 Å². The summed E-state index contributed by atoms with van der Waals surface area (Å²) in [6, 6.07) is 10.3. The molecule has 0 aliphatic carbocycles. The highest BCUT2D eigenvalue weighted by atomic mass is 16.1. The zero-order valence-electron chi connectivity index (χ0n) is 16.8. The summed E-state index contributed by atoms with van der Waals surface area (Å²) in [6.45, 7) is 8.16. The highest BCUT2D eigenvalue weighted by Crippen LogP contribution is 2.21. The van der Waals surface area contributed by atoms with Crippen LogP contribution in [0.1, 0.15) is 19.5 Å². The Morgan fingerprint density at radius 2 is 1.72 bits per heavy atom. The number of nitrogens with zero attached hydrogens (tertiary/aromatic N) is 5. The third-order valence-electron chi connectivity index (χ3n) is 5.43. The Morgan fingerprint density at radius 1 is 0.966 bits per heavy atom. The minimum absolute atomic E-state index is 0.0787. The van der Waals surface area contributed by atoms with Crippen LogP contribution in [0, 0.1) is 6.92 Å². The average molecular weight is 388 g/mol. The van der Waals surface area contributed by atoms with Gasteiger partial charge in [-0.3, -0.25) is 9.20 Å². The first-order valence-corrected chi connectivity index (χ1v) is 9.96. The molecule has 0 saturated carbocycles. The van der Waals surface area contributed by atoms with Crippen LogP contribution in [0.4, 0.5) is 5.69 Å². The molecule has 7 heteroatoms. The van der Waals surface area contributed by atoms with Crippen molar-refractivity contribution in [2.24, 2.45) is 0 Å². The van der Waals surface area contributed by atoms with Gasteiger partial charge in [-0.05, 0) is 45.0 Å². The van der Waals surface area contributed by atoms with Crippen molar-refractivity contribution >= 4 is 17.0 Å². The number of fused-ring (bicyclic) bond motifs is 2. The summed E-state index contributed by atoms with van der Waals surface area (Å²) in [5.41, 5.74) is 5.01. The molecule has 2 atom stereocenters. The molecule has 1 saturated heterocycles. The Morgan fingerprint density at radius 3 is 2.52 bits per heavy atom. The van der Waals surface area contributed by atoms with Crippen molar-refractivity contribution in [3.63, 3.8) is 0 Å². The molecule has 1 aliphatic rings. The molecule has 148 valence electrons. The van der Waals surface area contributed by atoms with Gasteiger partial charge >= 0.3 is 0 Å². The number of anilines is 1. The predicted octanol–water partition coefficient (Wildman–Crippen LogP) is 2.50. The van der Waals surface area contributed by atoms with E-state index < -0.39 is 0 Å². The second-order valence-corrected chi connectivity index (χ2v) is 8.03. The number of nitrogens with one attached hydrogen (secondary N) is 1. The van der Waals surface area contributed by atoms with E-state index >= 15 is 0 Å². The summed E-state index contributed by atoms with van der Waals surface area (Å²) >= 11 is 0. The molecule has 5 heterocycles. The van der Waals surface area contributed by atoms with Crippen LogP contribution in [-0.2, 0) is 0 Å². The monoisotopic (exact) mass is 388 g/mol. The number of aromatic nitrogens is 4. The molecule has 0 amide bonds. The average Bonchev–Trinajstić information content (AvgIpc) is 3.06. The second-order valence-electron chi connectivity index (χ2n) is 8.03. The standard InChI is InChI=1S/C22H24N6O/c1-14-9-26(10-15(2)23-14)18-5-7-21-25-19(8-22(29)28(21)13-18)17-4-6-20-24-16(3)11-27(20)12-17/h4-8,11-15,23H,9-10H2,1-3H3/t14-,15+. The highest BCUT2D eigenvalue weighted by Gasteiger charge is 2.21. The van der Waals surface area contributed by atoms with Gasteiger partial charge in [-0.2, -0.15) is 0 Å². The molecule has 29 heavy (non-hydrogen) atoms. The lowest BCUT2D eigenvalue weighted by molar-refractivity contribution is 0.407. The van der Waals surface area contributed by atoms with E-state index in [1.165, 1.54) is 0 Å². The molecule has 0 bridgehead atoms. The molecule has 0 spiro atoms. The predicted molar refractivity (Wildman–Crippen MR) is 115 cm³/mol. The Hall–Kier alpha value is -3.19. The Kier molecular flexibility index (Phi) is 4.13.